The summed E-state index contributed by atoms with van der Waals surface area (Å²) in [5, 5.41) is 7.94. The molecule has 7 nitrogen and oxygen atoms in total. The second kappa shape index (κ2) is 5.06. The van der Waals surface area contributed by atoms with E-state index in [9.17, 15) is 9.59 Å². The highest BCUT2D eigenvalue weighted by Crippen LogP contribution is 2.34. The largest absolute Gasteiger partial charge is 0.351 e. The highest BCUT2D eigenvalue weighted by atomic mass is 16.2. The molecule has 0 spiro atoms. The Kier molecular flexibility index (Phi) is 3.02. The first-order chi connectivity index (χ1) is 11.2. The van der Waals surface area contributed by atoms with Gasteiger partial charge in [-0.25, -0.2) is 4.79 Å². The van der Waals surface area contributed by atoms with Crippen LogP contribution in [-0.2, 0) is 0 Å². The summed E-state index contributed by atoms with van der Waals surface area (Å²) in [4.78, 5) is 24.3. The standard InChI is InChI=1S/C16H15N5O2/c17-16(23)21-12-3-1-2-10-13(12)11(8-19-20-15(10)22)14(21)9-4-6-18-7-5-9/h1-4,8,18H,5-7H2,(H2,17,23)(H,20,22)/q+1. The van der Waals surface area contributed by atoms with Gasteiger partial charge in [-0.05, 0) is 30.7 Å². The molecule has 2 aliphatic rings. The number of nitrogens with two attached hydrogens (primary N) is 1. The van der Waals surface area contributed by atoms with Crippen LogP contribution in [0, 0.1) is 0 Å². The van der Waals surface area contributed by atoms with Gasteiger partial charge in [0.15, 0.2) is 5.10 Å². The number of amides is 2. The van der Waals surface area contributed by atoms with Crippen LogP contribution in [0.15, 0.2) is 24.3 Å². The molecule has 0 bridgehead atoms. The van der Waals surface area contributed by atoms with Crippen molar-refractivity contribution in [2.75, 3.05) is 13.1 Å². The molecule has 0 saturated carbocycles. The van der Waals surface area contributed by atoms with Gasteiger partial charge in [-0.1, -0.05) is 17.6 Å². The Morgan fingerprint density at radius 3 is 2.96 bits per heavy atom. The van der Waals surface area contributed by atoms with Crippen molar-refractivity contribution in [2.24, 2.45) is 5.73 Å². The maximum Gasteiger partial charge on any atom is 0.323 e. The van der Waals surface area contributed by atoms with Gasteiger partial charge in [0.1, 0.15) is 0 Å². The van der Waals surface area contributed by atoms with Gasteiger partial charge in [0.05, 0.1) is 22.3 Å². The molecule has 0 atom stereocenters. The number of nitrogens with one attached hydrogen (secondary N) is 2. The van der Waals surface area contributed by atoms with Crippen molar-refractivity contribution in [1.82, 2.24) is 20.4 Å². The Morgan fingerprint density at radius 1 is 1.35 bits per heavy atom. The van der Waals surface area contributed by atoms with Gasteiger partial charge in [-0.2, -0.15) is 0 Å². The summed E-state index contributed by atoms with van der Waals surface area (Å²) >= 11 is 0. The van der Waals surface area contributed by atoms with Crippen LogP contribution >= 0.6 is 0 Å². The average molecular weight is 309 g/mol. The first-order valence-electron chi connectivity index (χ1n) is 7.39. The summed E-state index contributed by atoms with van der Waals surface area (Å²) < 4.78 is 1.48. The number of benzene rings is 1. The van der Waals surface area contributed by atoms with Crippen LogP contribution in [0.5, 0.6) is 0 Å². The van der Waals surface area contributed by atoms with E-state index >= 15 is 0 Å². The van der Waals surface area contributed by atoms with Gasteiger partial charge < -0.3 is 11.1 Å². The van der Waals surface area contributed by atoms with Crippen molar-refractivity contribution in [3.63, 3.8) is 0 Å². The molecule has 115 valence electrons. The highest BCUT2D eigenvalue weighted by Gasteiger charge is 2.30. The van der Waals surface area contributed by atoms with E-state index in [1.54, 1.807) is 24.4 Å². The van der Waals surface area contributed by atoms with Gasteiger partial charge in [0, 0.05) is 11.9 Å². The Labute approximate surface area is 131 Å². The molecule has 1 radical (unpaired) electrons. The van der Waals surface area contributed by atoms with E-state index in [4.69, 9.17) is 5.73 Å². The fourth-order valence-electron chi connectivity index (χ4n) is 3.28. The van der Waals surface area contributed by atoms with Gasteiger partial charge in [-0.15, -0.1) is 0 Å². The molecule has 4 N–H and O–H groups in total. The van der Waals surface area contributed by atoms with Crippen molar-refractivity contribution < 1.29 is 9.59 Å². The summed E-state index contributed by atoms with van der Waals surface area (Å²) in [6.45, 7) is 1.56. The average Bonchev–Trinajstić information content (AvgIpc) is 2.80. The van der Waals surface area contributed by atoms with Gasteiger partial charge in [0.25, 0.3) is 6.21 Å². The fourth-order valence-corrected chi connectivity index (χ4v) is 3.28. The lowest BCUT2D eigenvalue weighted by molar-refractivity contribution is 0.0949. The molecule has 7 heteroatoms. The second-order valence-electron chi connectivity index (χ2n) is 5.52. The first kappa shape index (κ1) is 13.7. The molecule has 4 rings (SSSR count). The Morgan fingerprint density at radius 2 is 2.22 bits per heavy atom. The number of hydrogen-bond donors (Lipinski definition) is 3. The van der Waals surface area contributed by atoms with Crippen LogP contribution in [0.4, 0.5) is 4.79 Å². The van der Waals surface area contributed by atoms with Crippen LogP contribution < -0.4 is 21.6 Å². The lowest BCUT2D eigenvalue weighted by atomic mass is 9.99. The van der Waals surface area contributed by atoms with E-state index in [1.165, 1.54) is 4.57 Å². The SMILES string of the molecule is NC(=O)n1c(C2=CCNCC2)c2c3c(cccc31)C(=O)N[N+]=C2. The summed E-state index contributed by atoms with van der Waals surface area (Å²) in [5.41, 5.74) is 11.7. The lowest BCUT2D eigenvalue weighted by Gasteiger charge is -2.15. The van der Waals surface area contributed by atoms with Crippen LogP contribution in [-0.4, -0.2) is 35.8 Å². The van der Waals surface area contributed by atoms with Gasteiger partial charge in [0.2, 0.25) is 0 Å². The summed E-state index contributed by atoms with van der Waals surface area (Å²) in [5.74, 6) is -0.293. The number of rotatable bonds is 1. The summed E-state index contributed by atoms with van der Waals surface area (Å²) in [7, 11) is 0. The number of aromatic nitrogens is 1. The van der Waals surface area contributed by atoms with Gasteiger partial charge in [-0.3, -0.25) is 9.36 Å². The minimum Gasteiger partial charge on any atom is -0.351 e. The Bertz CT molecular complexity index is 907. The lowest BCUT2D eigenvalue weighted by Crippen LogP contribution is -2.26. The van der Waals surface area contributed by atoms with E-state index in [0.717, 1.165) is 36.3 Å². The molecular formula is C16H15N5O2+. The predicted molar refractivity (Wildman–Crippen MR) is 87.1 cm³/mol. The van der Waals surface area contributed by atoms with Crippen LogP contribution in [0.25, 0.3) is 16.5 Å². The molecule has 23 heavy (non-hydrogen) atoms. The second-order valence-corrected chi connectivity index (χ2v) is 5.52. The molecule has 2 amide bonds. The maximum atomic E-state index is 12.2. The van der Waals surface area contributed by atoms with Crippen LogP contribution in [0.1, 0.15) is 28.0 Å². The van der Waals surface area contributed by atoms with E-state index < -0.39 is 6.03 Å². The smallest absolute Gasteiger partial charge is 0.323 e. The topological polar surface area (TPSA) is 103 Å². The quantitative estimate of drug-likeness (QED) is 0.708. The molecule has 0 aliphatic carbocycles. The fraction of sp³-hybridized carbons (Fsp3) is 0.188. The molecule has 1 aromatic heterocycles. The zero-order chi connectivity index (χ0) is 16.0. The van der Waals surface area contributed by atoms with Crippen LogP contribution in [0.2, 0.25) is 0 Å². The summed E-state index contributed by atoms with van der Waals surface area (Å²) in [6.07, 6.45) is 4.41. The number of carbonyl (C=O) groups is 2. The molecule has 0 unspecified atom stereocenters. The molecule has 1 aromatic carbocycles. The van der Waals surface area contributed by atoms with Crippen molar-refractivity contribution in [2.45, 2.75) is 6.42 Å². The first-order valence-corrected chi connectivity index (χ1v) is 7.39. The monoisotopic (exact) mass is 309 g/mol. The maximum absolute atomic E-state index is 12.2. The van der Waals surface area contributed by atoms with E-state index in [1.807, 2.05) is 6.08 Å². The van der Waals surface area contributed by atoms with E-state index in [2.05, 4.69) is 15.8 Å². The number of hydrazone groups is 1. The molecule has 2 aliphatic heterocycles. The molecular weight excluding hydrogens is 294 g/mol. The summed E-state index contributed by atoms with van der Waals surface area (Å²) in [6, 6.07) is 4.70. The number of primary amides is 1. The number of hydrogen-bond acceptors (Lipinski definition) is 4. The van der Waals surface area contributed by atoms with Crippen molar-refractivity contribution in [3.05, 3.63) is 41.1 Å². The number of carbonyl (C=O) groups excluding carboxylic acids is 2. The van der Waals surface area contributed by atoms with E-state index in [0.29, 0.717) is 16.5 Å². The minimum atomic E-state index is -0.567. The third kappa shape index (κ3) is 1.97. The zero-order valence-electron chi connectivity index (χ0n) is 12.3. The molecule has 3 heterocycles. The van der Waals surface area contributed by atoms with Crippen LogP contribution in [0.3, 0.4) is 0 Å². The van der Waals surface area contributed by atoms with Crippen molar-refractivity contribution in [3.8, 4) is 0 Å². The molecule has 2 aromatic rings. The highest BCUT2D eigenvalue weighted by molar-refractivity contribution is 6.17. The number of nitrogens with zero attached hydrogens (tertiary/aromatic N) is 2. The Balaban J connectivity index is 2.15. The van der Waals surface area contributed by atoms with Crippen molar-refractivity contribution >= 4 is 34.6 Å². The molecule has 0 saturated heterocycles. The zero-order valence-corrected chi connectivity index (χ0v) is 12.3. The predicted octanol–water partition coefficient (Wildman–Crippen LogP) is 0.358. The van der Waals surface area contributed by atoms with Crippen molar-refractivity contribution in [1.29, 1.82) is 0 Å². The van der Waals surface area contributed by atoms with Gasteiger partial charge >= 0.3 is 11.9 Å². The Hall–Kier alpha value is -2.93. The minimum absolute atomic E-state index is 0.293. The van der Waals surface area contributed by atoms with E-state index in [-0.39, 0.29) is 5.91 Å². The normalized spacial score (nSPS) is 16.9. The molecule has 0 fully saturated rings. The third-order valence-electron chi connectivity index (χ3n) is 4.22. The third-order valence-corrected chi connectivity index (χ3v) is 4.22.